The molecule has 0 fully saturated rings. The Labute approximate surface area is 150 Å². The summed E-state index contributed by atoms with van der Waals surface area (Å²) in [6.07, 6.45) is 9.80. The molecule has 4 rings (SSSR count). The number of rotatable bonds is 3. The molecule has 1 aliphatic heterocycles. The monoisotopic (exact) mass is 352 g/mol. The van der Waals surface area contributed by atoms with Crippen molar-refractivity contribution in [3.8, 4) is 0 Å². The summed E-state index contributed by atoms with van der Waals surface area (Å²) in [5.74, 6) is 0.672. The molecule has 0 unspecified atom stereocenters. The van der Waals surface area contributed by atoms with Gasteiger partial charge >= 0.3 is 0 Å². The van der Waals surface area contributed by atoms with Gasteiger partial charge in [0, 0.05) is 46.9 Å². The molecule has 4 nitrogen and oxygen atoms in total. The van der Waals surface area contributed by atoms with Crippen molar-refractivity contribution in [2.45, 2.75) is 6.42 Å². The third kappa shape index (κ3) is 3.26. The van der Waals surface area contributed by atoms with Crippen LogP contribution in [0, 0.1) is 0 Å². The summed E-state index contributed by atoms with van der Waals surface area (Å²) in [5.41, 5.74) is 3.48. The highest BCUT2D eigenvalue weighted by molar-refractivity contribution is 6.31. The van der Waals surface area contributed by atoms with Gasteiger partial charge in [-0.15, -0.1) is 0 Å². The smallest absolute Gasteiger partial charge is 0.246 e. The second-order valence-corrected chi connectivity index (χ2v) is 6.44. The molecule has 3 aromatic rings. The number of nitrogens with one attached hydrogen (secondary N) is 1. The van der Waals surface area contributed by atoms with Crippen LogP contribution in [-0.2, 0) is 4.79 Å². The average molecular weight is 353 g/mol. The van der Waals surface area contributed by atoms with Crippen LogP contribution in [0.2, 0.25) is 5.02 Å². The van der Waals surface area contributed by atoms with Crippen LogP contribution in [0.5, 0.6) is 0 Å². The molecular weight excluding hydrogens is 336 g/mol. The summed E-state index contributed by atoms with van der Waals surface area (Å²) in [4.78, 5) is 17.4. The van der Waals surface area contributed by atoms with E-state index in [9.17, 15) is 4.79 Å². The van der Waals surface area contributed by atoms with Gasteiger partial charge in [0.2, 0.25) is 5.91 Å². The largest absolute Gasteiger partial charge is 0.465 e. The van der Waals surface area contributed by atoms with E-state index >= 15 is 0 Å². The highest BCUT2D eigenvalue weighted by Gasteiger charge is 2.18. The SMILES string of the molecule is O=C(/C=C/c1ccco1)N1CC=C(c2c[nH]c3ccc(Cl)cc23)CC1. The topological polar surface area (TPSA) is 49.2 Å². The Balaban J connectivity index is 1.50. The van der Waals surface area contributed by atoms with E-state index in [1.807, 2.05) is 35.4 Å². The number of hydrogen-bond donors (Lipinski definition) is 1. The molecule has 0 atom stereocenters. The van der Waals surface area contributed by atoms with Gasteiger partial charge in [0.1, 0.15) is 5.76 Å². The Morgan fingerprint density at radius 3 is 3.00 bits per heavy atom. The zero-order chi connectivity index (χ0) is 17.2. The normalized spacial score (nSPS) is 15.1. The van der Waals surface area contributed by atoms with Crippen LogP contribution in [0.1, 0.15) is 17.7 Å². The molecule has 3 heterocycles. The van der Waals surface area contributed by atoms with Crippen LogP contribution in [0.15, 0.2) is 59.4 Å². The third-order valence-electron chi connectivity index (χ3n) is 4.44. The van der Waals surface area contributed by atoms with E-state index in [-0.39, 0.29) is 5.91 Å². The van der Waals surface area contributed by atoms with E-state index in [2.05, 4.69) is 11.1 Å². The van der Waals surface area contributed by atoms with E-state index in [0.717, 1.165) is 27.9 Å². The Kier molecular flexibility index (Phi) is 4.20. The first-order valence-electron chi connectivity index (χ1n) is 8.17. The maximum absolute atomic E-state index is 12.3. The molecule has 0 saturated heterocycles. The standard InChI is InChI=1S/C20H17ClN2O2/c21-15-3-5-19-17(12-15)18(13-22-19)14-7-9-23(10-8-14)20(24)6-4-16-2-1-11-25-16/h1-7,11-13,22H,8-10H2/b6-4+. The molecule has 0 saturated carbocycles. The van der Waals surface area contributed by atoms with Crippen LogP contribution in [0.3, 0.4) is 0 Å². The second kappa shape index (κ2) is 6.65. The quantitative estimate of drug-likeness (QED) is 0.692. The molecule has 1 aromatic carbocycles. The Morgan fingerprint density at radius 2 is 2.24 bits per heavy atom. The van der Waals surface area contributed by atoms with Crippen LogP contribution < -0.4 is 0 Å². The van der Waals surface area contributed by atoms with Gasteiger partial charge in [-0.2, -0.15) is 0 Å². The molecule has 1 aliphatic rings. The first kappa shape index (κ1) is 15.8. The van der Waals surface area contributed by atoms with Crippen LogP contribution in [0.4, 0.5) is 0 Å². The number of amides is 1. The fraction of sp³-hybridized carbons (Fsp3) is 0.150. The van der Waals surface area contributed by atoms with E-state index in [1.165, 1.54) is 5.57 Å². The first-order valence-corrected chi connectivity index (χ1v) is 8.55. The first-order chi connectivity index (χ1) is 12.2. The molecule has 0 bridgehead atoms. The van der Waals surface area contributed by atoms with Gasteiger partial charge < -0.3 is 14.3 Å². The zero-order valence-electron chi connectivity index (χ0n) is 13.5. The number of furan rings is 1. The molecule has 5 heteroatoms. The third-order valence-corrected chi connectivity index (χ3v) is 4.68. The minimum atomic E-state index is -0.00586. The maximum atomic E-state index is 12.3. The number of hydrogen-bond acceptors (Lipinski definition) is 2. The molecule has 0 radical (unpaired) electrons. The van der Waals surface area contributed by atoms with E-state index < -0.39 is 0 Å². The number of fused-ring (bicyclic) bond motifs is 1. The number of H-pyrrole nitrogens is 1. The number of carbonyl (C=O) groups is 1. The summed E-state index contributed by atoms with van der Waals surface area (Å²) < 4.78 is 5.20. The molecule has 1 amide bonds. The van der Waals surface area contributed by atoms with Crippen LogP contribution >= 0.6 is 11.6 Å². The van der Waals surface area contributed by atoms with Crippen molar-refractivity contribution in [1.82, 2.24) is 9.88 Å². The number of aromatic nitrogens is 1. The molecule has 1 N–H and O–H groups in total. The minimum Gasteiger partial charge on any atom is -0.465 e. The van der Waals surface area contributed by atoms with Crippen molar-refractivity contribution in [3.05, 3.63) is 71.3 Å². The lowest BCUT2D eigenvalue weighted by atomic mass is 9.99. The van der Waals surface area contributed by atoms with Gasteiger partial charge in [-0.25, -0.2) is 0 Å². The van der Waals surface area contributed by atoms with Gasteiger partial charge in [0.25, 0.3) is 0 Å². The van der Waals surface area contributed by atoms with Gasteiger partial charge in [0.15, 0.2) is 0 Å². The number of nitrogens with zero attached hydrogens (tertiary/aromatic N) is 1. The van der Waals surface area contributed by atoms with Crippen LogP contribution in [0.25, 0.3) is 22.6 Å². The number of benzene rings is 1. The van der Waals surface area contributed by atoms with Gasteiger partial charge in [-0.1, -0.05) is 17.7 Å². The Morgan fingerprint density at radius 1 is 1.32 bits per heavy atom. The fourth-order valence-electron chi connectivity index (χ4n) is 3.12. The summed E-state index contributed by atoms with van der Waals surface area (Å²) >= 11 is 6.13. The average Bonchev–Trinajstić information content (AvgIpc) is 3.29. The van der Waals surface area contributed by atoms with Crippen molar-refractivity contribution < 1.29 is 9.21 Å². The van der Waals surface area contributed by atoms with Gasteiger partial charge in [-0.3, -0.25) is 4.79 Å². The molecular formula is C20H17ClN2O2. The second-order valence-electron chi connectivity index (χ2n) is 6.00. The number of carbonyl (C=O) groups excluding carboxylic acids is 1. The van der Waals surface area contributed by atoms with E-state index in [4.69, 9.17) is 16.0 Å². The Bertz CT molecular complexity index is 967. The van der Waals surface area contributed by atoms with Crippen LogP contribution in [-0.4, -0.2) is 28.9 Å². The highest BCUT2D eigenvalue weighted by atomic mass is 35.5. The van der Waals surface area contributed by atoms with Gasteiger partial charge in [-0.05, 0) is 48.4 Å². The molecule has 126 valence electrons. The lowest BCUT2D eigenvalue weighted by molar-refractivity contribution is -0.125. The number of halogens is 1. The maximum Gasteiger partial charge on any atom is 0.246 e. The minimum absolute atomic E-state index is 0.00586. The Hall–Kier alpha value is -2.72. The molecule has 0 aliphatic carbocycles. The van der Waals surface area contributed by atoms with Crippen molar-refractivity contribution in [2.75, 3.05) is 13.1 Å². The fourth-order valence-corrected chi connectivity index (χ4v) is 3.29. The molecule has 2 aromatic heterocycles. The lowest BCUT2D eigenvalue weighted by Crippen LogP contribution is -2.33. The summed E-state index contributed by atoms with van der Waals surface area (Å²) in [6.45, 7) is 1.30. The predicted molar refractivity (Wildman–Crippen MR) is 100 cm³/mol. The lowest BCUT2D eigenvalue weighted by Gasteiger charge is -2.25. The highest BCUT2D eigenvalue weighted by Crippen LogP contribution is 2.30. The van der Waals surface area contributed by atoms with Crippen molar-refractivity contribution in [1.29, 1.82) is 0 Å². The van der Waals surface area contributed by atoms with Crippen molar-refractivity contribution in [3.63, 3.8) is 0 Å². The molecule has 25 heavy (non-hydrogen) atoms. The van der Waals surface area contributed by atoms with Gasteiger partial charge in [0.05, 0.1) is 6.26 Å². The van der Waals surface area contributed by atoms with Crippen molar-refractivity contribution >= 4 is 40.1 Å². The van der Waals surface area contributed by atoms with Crippen molar-refractivity contribution in [2.24, 2.45) is 0 Å². The zero-order valence-corrected chi connectivity index (χ0v) is 14.3. The summed E-state index contributed by atoms with van der Waals surface area (Å²) in [6, 6.07) is 9.46. The number of aromatic amines is 1. The van der Waals surface area contributed by atoms with E-state index in [1.54, 1.807) is 24.5 Å². The predicted octanol–water partition coefficient (Wildman–Crippen LogP) is 4.74. The van der Waals surface area contributed by atoms with E-state index in [0.29, 0.717) is 18.8 Å². The molecule has 0 spiro atoms. The summed E-state index contributed by atoms with van der Waals surface area (Å²) in [5, 5.41) is 1.85. The summed E-state index contributed by atoms with van der Waals surface area (Å²) in [7, 11) is 0.